The van der Waals surface area contributed by atoms with Crippen molar-refractivity contribution < 1.29 is 23.2 Å². The van der Waals surface area contributed by atoms with Crippen molar-refractivity contribution in [3.63, 3.8) is 0 Å². The molecule has 0 spiro atoms. The Balaban J connectivity index is 1.83. The zero-order chi connectivity index (χ0) is 21.8. The highest BCUT2D eigenvalue weighted by Crippen LogP contribution is 2.23. The Hall–Kier alpha value is -3.36. The Morgan fingerprint density at radius 3 is 2.67 bits per heavy atom. The molecule has 30 heavy (non-hydrogen) atoms. The molecule has 1 N–H and O–H groups in total. The number of H-pyrrole nitrogens is 1. The van der Waals surface area contributed by atoms with E-state index in [1.54, 1.807) is 44.7 Å². The molecule has 3 heterocycles. The number of nitrogens with zero attached hydrogens (tertiary/aromatic N) is 3. The lowest BCUT2D eigenvalue weighted by Crippen LogP contribution is -2.32. The summed E-state index contributed by atoms with van der Waals surface area (Å²) in [4.78, 5) is 30.3. The molecular formula is C21H26N4O5. The standard InChI is InChI=1S/C21H26N4O5/c1-6-9-25(11-16-23-24-19(30-16)15-8-7-10-28-15)20(26)18-13(4)17(14(5)22-18)21(27)29-12(2)3/h7-8,10,12,22H,6,9,11H2,1-5H3. The summed E-state index contributed by atoms with van der Waals surface area (Å²) in [7, 11) is 0. The smallest absolute Gasteiger partial charge is 0.340 e. The van der Waals surface area contributed by atoms with Crippen molar-refractivity contribution in [2.24, 2.45) is 0 Å². The molecule has 0 aromatic carbocycles. The minimum atomic E-state index is -0.447. The molecule has 3 rings (SSSR count). The first-order chi connectivity index (χ1) is 14.3. The largest absolute Gasteiger partial charge is 0.459 e. The zero-order valence-electron chi connectivity index (χ0n) is 17.8. The number of esters is 1. The quantitative estimate of drug-likeness (QED) is 0.556. The Morgan fingerprint density at radius 1 is 1.27 bits per heavy atom. The maximum atomic E-state index is 13.2. The van der Waals surface area contributed by atoms with E-state index in [0.29, 0.717) is 40.7 Å². The van der Waals surface area contributed by atoms with E-state index in [0.717, 1.165) is 6.42 Å². The number of amides is 1. The van der Waals surface area contributed by atoms with Crippen LogP contribution in [0.25, 0.3) is 11.7 Å². The Bertz CT molecular complexity index is 1020. The van der Waals surface area contributed by atoms with E-state index < -0.39 is 5.97 Å². The van der Waals surface area contributed by atoms with Gasteiger partial charge in [0.05, 0.1) is 24.5 Å². The van der Waals surface area contributed by atoms with E-state index in [2.05, 4.69) is 15.2 Å². The monoisotopic (exact) mass is 414 g/mol. The predicted molar refractivity (Wildman–Crippen MR) is 108 cm³/mol. The maximum absolute atomic E-state index is 13.2. The minimum absolute atomic E-state index is 0.143. The number of furan rings is 1. The summed E-state index contributed by atoms with van der Waals surface area (Å²) in [6.45, 7) is 9.65. The van der Waals surface area contributed by atoms with Gasteiger partial charge in [-0.2, -0.15) is 0 Å². The van der Waals surface area contributed by atoms with Crippen LogP contribution in [0.3, 0.4) is 0 Å². The van der Waals surface area contributed by atoms with Crippen molar-refractivity contribution in [2.75, 3.05) is 6.54 Å². The normalized spacial score (nSPS) is 11.1. The van der Waals surface area contributed by atoms with Crippen LogP contribution in [0.2, 0.25) is 0 Å². The van der Waals surface area contributed by atoms with Crippen LogP contribution in [0.1, 0.15) is 65.2 Å². The van der Waals surface area contributed by atoms with Crippen LogP contribution >= 0.6 is 0 Å². The molecule has 3 aromatic rings. The van der Waals surface area contributed by atoms with Crippen LogP contribution in [0, 0.1) is 13.8 Å². The molecule has 0 aliphatic carbocycles. The third-order valence-electron chi connectivity index (χ3n) is 4.50. The molecule has 0 fully saturated rings. The number of hydrogen-bond donors (Lipinski definition) is 1. The first kappa shape index (κ1) is 21.4. The van der Waals surface area contributed by atoms with Gasteiger partial charge in [-0.1, -0.05) is 6.92 Å². The first-order valence-electron chi connectivity index (χ1n) is 9.87. The number of nitrogens with one attached hydrogen (secondary N) is 1. The van der Waals surface area contributed by atoms with E-state index >= 15 is 0 Å². The lowest BCUT2D eigenvalue weighted by Gasteiger charge is -2.20. The van der Waals surface area contributed by atoms with E-state index in [-0.39, 0.29) is 24.4 Å². The number of carbonyl (C=O) groups excluding carboxylic acids is 2. The van der Waals surface area contributed by atoms with Crippen molar-refractivity contribution in [3.05, 3.63) is 46.8 Å². The number of hydrogen-bond acceptors (Lipinski definition) is 7. The fourth-order valence-corrected chi connectivity index (χ4v) is 3.20. The van der Waals surface area contributed by atoms with Crippen LogP contribution in [0.15, 0.2) is 27.2 Å². The van der Waals surface area contributed by atoms with E-state index in [4.69, 9.17) is 13.6 Å². The van der Waals surface area contributed by atoms with Crippen LogP contribution < -0.4 is 0 Å². The van der Waals surface area contributed by atoms with Gasteiger partial charge in [-0.3, -0.25) is 4.79 Å². The summed E-state index contributed by atoms with van der Waals surface area (Å²) in [5.41, 5.74) is 1.89. The number of carbonyl (C=O) groups is 2. The van der Waals surface area contributed by atoms with E-state index in [9.17, 15) is 9.59 Å². The highest BCUT2D eigenvalue weighted by atomic mass is 16.5. The summed E-state index contributed by atoms with van der Waals surface area (Å²) in [5, 5.41) is 7.99. The number of aryl methyl sites for hydroxylation is 1. The van der Waals surface area contributed by atoms with Crippen molar-refractivity contribution in [2.45, 2.75) is 53.7 Å². The highest BCUT2D eigenvalue weighted by Gasteiger charge is 2.27. The summed E-state index contributed by atoms with van der Waals surface area (Å²) >= 11 is 0. The second kappa shape index (κ2) is 8.98. The number of aromatic nitrogens is 3. The second-order valence-corrected chi connectivity index (χ2v) is 7.28. The molecule has 160 valence electrons. The van der Waals surface area contributed by atoms with Crippen molar-refractivity contribution >= 4 is 11.9 Å². The molecule has 0 unspecified atom stereocenters. The Morgan fingerprint density at radius 2 is 2.03 bits per heavy atom. The zero-order valence-corrected chi connectivity index (χ0v) is 17.8. The second-order valence-electron chi connectivity index (χ2n) is 7.28. The molecule has 0 bridgehead atoms. The number of aromatic amines is 1. The summed E-state index contributed by atoms with van der Waals surface area (Å²) in [6.07, 6.45) is 2.01. The molecule has 0 saturated carbocycles. The summed E-state index contributed by atoms with van der Waals surface area (Å²) in [6, 6.07) is 3.44. The van der Waals surface area contributed by atoms with Crippen LogP contribution in [-0.2, 0) is 11.3 Å². The average molecular weight is 414 g/mol. The number of ether oxygens (including phenoxy) is 1. The maximum Gasteiger partial charge on any atom is 0.340 e. The SMILES string of the molecule is CCCN(Cc1nnc(-c2ccco2)o1)C(=O)c1[nH]c(C)c(C(=O)OC(C)C)c1C. The van der Waals surface area contributed by atoms with Gasteiger partial charge in [0.25, 0.3) is 11.8 Å². The van der Waals surface area contributed by atoms with E-state index in [1.807, 2.05) is 6.92 Å². The van der Waals surface area contributed by atoms with Gasteiger partial charge in [-0.05, 0) is 51.8 Å². The molecule has 1 amide bonds. The van der Waals surface area contributed by atoms with Gasteiger partial charge in [0.2, 0.25) is 5.89 Å². The third kappa shape index (κ3) is 4.45. The van der Waals surface area contributed by atoms with Gasteiger partial charge in [0.1, 0.15) is 5.69 Å². The topological polar surface area (TPSA) is 114 Å². The summed E-state index contributed by atoms with van der Waals surface area (Å²) in [5.74, 6) is 0.315. The average Bonchev–Trinajstić information content (AvgIpc) is 3.40. The molecule has 9 heteroatoms. The molecule has 0 radical (unpaired) electrons. The molecule has 3 aromatic heterocycles. The van der Waals surface area contributed by atoms with E-state index in [1.165, 1.54) is 6.26 Å². The van der Waals surface area contributed by atoms with Gasteiger partial charge >= 0.3 is 5.97 Å². The molecular weight excluding hydrogens is 388 g/mol. The lowest BCUT2D eigenvalue weighted by molar-refractivity contribution is 0.0376. The number of rotatable bonds is 8. The third-order valence-corrected chi connectivity index (χ3v) is 4.50. The van der Waals surface area contributed by atoms with Crippen molar-refractivity contribution in [3.8, 4) is 11.7 Å². The molecule has 0 aliphatic heterocycles. The molecule has 0 atom stereocenters. The predicted octanol–water partition coefficient (Wildman–Crippen LogP) is 3.89. The van der Waals surface area contributed by atoms with Crippen molar-refractivity contribution in [1.29, 1.82) is 0 Å². The Labute approximate surface area is 174 Å². The van der Waals surface area contributed by atoms with Gasteiger partial charge in [0.15, 0.2) is 5.76 Å². The van der Waals surface area contributed by atoms with Crippen LogP contribution in [0.4, 0.5) is 0 Å². The fraction of sp³-hybridized carbons (Fsp3) is 0.429. The van der Waals surface area contributed by atoms with Gasteiger partial charge in [-0.25, -0.2) is 4.79 Å². The fourth-order valence-electron chi connectivity index (χ4n) is 3.20. The van der Waals surface area contributed by atoms with Gasteiger partial charge < -0.3 is 23.5 Å². The van der Waals surface area contributed by atoms with Gasteiger partial charge in [-0.15, -0.1) is 10.2 Å². The first-order valence-corrected chi connectivity index (χ1v) is 9.87. The Kier molecular flexibility index (Phi) is 6.39. The summed E-state index contributed by atoms with van der Waals surface area (Å²) < 4.78 is 16.2. The minimum Gasteiger partial charge on any atom is -0.459 e. The van der Waals surface area contributed by atoms with Crippen LogP contribution in [-0.4, -0.2) is 44.6 Å². The highest BCUT2D eigenvalue weighted by molar-refractivity contribution is 6.00. The molecule has 9 nitrogen and oxygen atoms in total. The van der Waals surface area contributed by atoms with Gasteiger partial charge in [0, 0.05) is 12.2 Å². The molecule has 0 saturated heterocycles. The molecule has 0 aliphatic rings. The van der Waals surface area contributed by atoms with Crippen LogP contribution in [0.5, 0.6) is 0 Å². The van der Waals surface area contributed by atoms with Crippen molar-refractivity contribution in [1.82, 2.24) is 20.1 Å². The lowest BCUT2D eigenvalue weighted by atomic mass is 10.1.